The van der Waals surface area contributed by atoms with Gasteiger partial charge in [-0.1, -0.05) is 30.3 Å². The van der Waals surface area contributed by atoms with Gasteiger partial charge in [0.2, 0.25) is 0 Å². The third-order valence-corrected chi connectivity index (χ3v) is 4.28. The lowest BCUT2D eigenvalue weighted by Crippen LogP contribution is -2.45. The number of carbonyl (C=O) groups is 1. The highest BCUT2D eigenvalue weighted by molar-refractivity contribution is 6.19. The Morgan fingerprint density at radius 2 is 1.84 bits per heavy atom. The second-order valence-corrected chi connectivity index (χ2v) is 5.25. The molecule has 1 saturated heterocycles. The van der Waals surface area contributed by atoms with Crippen molar-refractivity contribution in [1.82, 2.24) is 4.90 Å². The first-order chi connectivity index (χ1) is 8.66. The van der Waals surface area contributed by atoms with Gasteiger partial charge in [0.1, 0.15) is 0 Å². The van der Waals surface area contributed by atoms with E-state index in [1.165, 1.54) is 5.56 Å². The Hall–Kier alpha value is -0.770. The van der Waals surface area contributed by atoms with Gasteiger partial charge < -0.3 is 5.11 Å². The summed E-state index contributed by atoms with van der Waals surface area (Å²) < 4.78 is 0. The van der Waals surface area contributed by atoms with Crippen LogP contribution in [0.2, 0.25) is 0 Å². The zero-order chi connectivity index (χ0) is 13.0. The Morgan fingerprint density at radius 3 is 2.32 bits per heavy atom. The lowest BCUT2D eigenvalue weighted by molar-refractivity contribution is -0.150. The lowest BCUT2D eigenvalue weighted by atomic mass is 9.80. The SMILES string of the molecule is Cl.O=C(O)C1(CCl)CCN(Cc2ccccc2)CC1. The molecule has 19 heavy (non-hydrogen) atoms. The van der Waals surface area contributed by atoms with E-state index in [0.717, 1.165) is 19.6 Å². The van der Waals surface area contributed by atoms with Crippen LogP contribution in [0.1, 0.15) is 18.4 Å². The molecule has 0 spiro atoms. The molecule has 106 valence electrons. The van der Waals surface area contributed by atoms with E-state index in [0.29, 0.717) is 12.8 Å². The minimum atomic E-state index is -0.753. The average molecular weight is 304 g/mol. The molecule has 0 amide bonds. The zero-order valence-corrected chi connectivity index (χ0v) is 12.3. The maximum atomic E-state index is 11.3. The molecule has 0 unspecified atom stereocenters. The Bertz CT molecular complexity index is 403. The second-order valence-electron chi connectivity index (χ2n) is 4.98. The summed E-state index contributed by atoms with van der Waals surface area (Å²) in [4.78, 5) is 13.6. The predicted molar refractivity (Wildman–Crippen MR) is 79.0 cm³/mol. The first kappa shape index (κ1) is 16.3. The van der Waals surface area contributed by atoms with Crippen molar-refractivity contribution in [1.29, 1.82) is 0 Å². The van der Waals surface area contributed by atoms with Crippen LogP contribution in [-0.2, 0) is 11.3 Å². The average Bonchev–Trinajstić information content (AvgIpc) is 2.41. The number of rotatable bonds is 4. The van der Waals surface area contributed by atoms with Crippen molar-refractivity contribution < 1.29 is 9.90 Å². The van der Waals surface area contributed by atoms with E-state index in [1.807, 2.05) is 18.2 Å². The van der Waals surface area contributed by atoms with Crippen molar-refractivity contribution in [3.63, 3.8) is 0 Å². The number of benzene rings is 1. The fourth-order valence-corrected chi connectivity index (χ4v) is 2.77. The summed E-state index contributed by atoms with van der Waals surface area (Å²) in [7, 11) is 0. The second kappa shape index (κ2) is 7.13. The molecule has 2 rings (SSSR count). The van der Waals surface area contributed by atoms with Gasteiger partial charge in [-0.2, -0.15) is 0 Å². The highest BCUT2D eigenvalue weighted by Gasteiger charge is 2.40. The zero-order valence-electron chi connectivity index (χ0n) is 10.7. The van der Waals surface area contributed by atoms with E-state index in [9.17, 15) is 9.90 Å². The number of piperidine rings is 1. The molecule has 0 bridgehead atoms. The number of alkyl halides is 1. The van der Waals surface area contributed by atoms with Crippen LogP contribution in [0.15, 0.2) is 30.3 Å². The number of likely N-dealkylation sites (tertiary alicyclic amines) is 1. The number of hydrogen-bond acceptors (Lipinski definition) is 2. The molecule has 1 aromatic carbocycles. The van der Waals surface area contributed by atoms with Gasteiger partial charge in [0.05, 0.1) is 5.41 Å². The van der Waals surface area contributed by atoms with E-state index >= 15 is 0 Å². The van der Waals surface area contributed by atoms with Crippen LogP contribution >= 0.6 is 24.0 Å². The van der Waals surface area contributed by atoms with Crippen LogP contribution in [-0.4, -0.2) is 34.9 Å². The molecule has 0 atom stereocenters. The molecule has 0 saturated carbocycles. The highest BCUT2D eigenvalue weighted by atomic mass is 35.5. The van der Waals surface area contributed by atoms with Crippen LogP contribution in [0, 0.1) is 5.41 Å². The molecule has 0 aliphatic carbocycles. The fourth-order valence-electron chi connectivity index (χ4n) is 2.39. The predicted octanol–water partition coefficient (Wildman–Crippen LogP) is 3.01. The summed E-state index contributed by atoms with van der Waals surface area (Å²) in [5.74, 6) is -0.543. The van der Waals surface area contributed by atoms with Crippen LogP contribution in [0.25, 0.3) is 0 Å². The van der Waals surface area contributed by atoms with E-state index in [-0.39, 0.29) is 18.3 Å². The molecule has 1 heterocycles. The van der Waals surface area contributed by atoms with Crippen LogP contribution in [0.3, 0.4) is 0 Å². The van der Waals surface area contributed by atoms with Crippen LogP contribution in [0.5, 0.6) is 0 Å². The van der Waals surface area contributed by atoms with Gasteiger partial charge in [-0.05, 0) is 31.5 Å². The Labute approximate surface area is 125 Å². The smallest absolute Gasteiger partial charge is 0.310 e. The number of carboxylic acid groups (broad SMARTS) is 1. The van der Waals surface area contributed by atoms with Crippen molar-refractivity contribution in [3.05, 3.63) is 35.9 Å². The molecular formula is C14H19Cl2NO2. The van der Waals surface area contributed by atoms with Crippen molar-refractivity contribution in [2.45, 2.75) is 19.4 Å². The summed E-state index contributed by atoms with van der Waals surface area (Å²) in [6, 6.07) is 10.3. The monoisotopic (exact) mass is 303 g/mol. The molecule has 1 aromatic rings. The maximum absolute atomic E-state index is 11.3. The van der Waals surface area contributed by atoms with Gasteiger partial charge in [-0.25, -0.2) is 0 Å². The summed E-state index contributed by atoms with van der Waals surface area (Å²) in [5.41, 5.74) is 0.556. The van der Waals surface area contributed by atoms with Gasteiger partial charge in [-0.15, -0.1) is 24.0 Å². The molecule has 3 nitrogen and oxygen atoms in total. The Balaban J connectivity index is 0.00000180. The summed E-state index contributed by atoms with van der Waals surface area (Å²) >= 11 is 5.84. The molecule has 1 aliphatic heterocycles. The Kier molecular flexibility index (Phi) is 6.11. The molecule has 5 heteroatoms. The normalized spacial score (nSPS) is 18.6. The quantitative estimate of drug-likeness (QED) is 0.869. The summed E-state index contributed by atoms with van der Waals surface area (Å²) in [5, 5.41) is 9.26. The molecule has 0 radical (unpaired) electrons. The molecule has 0 aromatic heterocycles. The topological polar surface area (TPSA) is 40.5 Å². The number of carboxylic acids is 1. The molecule has 1 N–H and O–H groups in total. The number of aliphatic carboxylic acids is 1. The van der Waals surface area contributed by atoms with Gasteiger partial charge in [0.25, 0.3) is 0 Å². The number of halogens is 2. The van der Waals surface area contributed by atoms with Gasteiger partial charge in [-0.3, -0.25) is 9.69 Å². The molecule has 1 fully saturated rings. The van der Waals surface area contributed by atoms with E-state index in [1.54, 1.807) is 0 Å². The van der Waals surface area contributed by atoms with Crippen LogP contribution in [0.4, 0.5) is 0 Å². The number of nitrogens with zero attached hydrogens (tertiary/aromatic N) is 1. The third kappa shape index (κ3) is 3.85. The number of hydrogen-bond donors (Lipinski definition) is 1. The van der Waals surface area contributed by atoms with E-state index < -0.39 is 11.4 Å². The first-order valence-electron chi connectivity index (χ1n) is 6.22. The first-order valence-corrected chi connectivity index (χ1v) is 6.75. The highest BCUT2D eigenvalue weighted by Crippen LogP contribution is 2.33. The fraction of sp³-hybridized carbons (Fsp3) is 0.500. The van der Waals surface area contributed by atoms with E-state index in [2.05, 4.69) is 17.0 Å². The van der Waals surface area contributed by atoms with Crippen molar-refractivity contribution in [3.8, 4) is 0 Å². The minimum absolute atomic E-state index is 0. The summed E-state index contributed by atoms with van der Waals surface area (Å²) in [6.45, 7) is 2.49. The minimum Gasteiger partial charge on any atom is -0.481 e. The third-order valence-electron chi connectivity index (χ3n) is 3.77. The Morgan fingerprint density at radius 1 is 1.26 bits per heavy atom. The van der Waals surface area contributed by atoms with Crippen molar-refractivity contribution in [2.75, 3.05) is 19.0 Å². The molecule has 1 aliphatic rings. The largest absolute Gasteiger partial charge is 0.481 e. The van der Waals surface area contributed by atoms with Crippen molar-refractivity contribution in [2.24, 2.45) is 5.41 Å². The van der Waals surface area contributed by atoms with Gasteiger partial charge in [0, 0.05) is 12.4 Å². The lowest BCUT2D eigenvalue weighted by Gasteiger charge is -2.37. The van der Waals surface area contributed by atoms with Crippen molar-refractivity contribution >= 4 is 30.0 Å². The maximum Gasteiger partial charge on any atom is 0.310 e. The van der Waals surface area contributed by atoms with Gasteiger partial charge >= 0.3 is 5.97 Å². The van der Waals surface area contributed by atoms with Gasteiger partial charge in [0.15, 0.2) is 0 Å². The summed E-state index contributed by atoms with van der Waals surface area (Å²) in [6.07, 6.45) is 1.28. The van der Waals surface area contributed by atoms with Crippen LogP contribution < -0.4 is 0 Å². The van der Waals surface area contributed by atoms with E-state index in [4.69, 9.17) is 11.6 Å². The molecular weight excluding hydrogens is 285 g/mol. The standard InChI is InChI=1S/C14H18ClNO2.ClH/c15-11-14(13(17)18)6-8-16(9-7-14)10-12-4-2-1-3-5-12;/h1-5H,6-11H2,(H,17,18);1H.